The second-order valence-corrected chi connectivity index (χ2v) is 6.44. The number of para-hydroxylation sites is 1. The predicted molar refractivity (Wildman–Crippen MR) is 104 cm³/mol. The van der Waals surface area contributed by atoms with Gasteiger partial charge < -0.3 is 14.5 Å². The van der Waals surface area contributed by atoms with Gasteiger partial charge in [-0.05, 0) is 36.8 Å². The molecular weight excluding hydrogens is 324 g/mol. The van der Waals surface area contributed by atoms with Gasteiger partial charge >= 0.3 is 0 Å². The average Bonchev–Trinajstić information content (AvgIpc) is 2.69. The fourth-order valence-corrected chi connectivity index (χ4v) is 3.19. The van der Waals surface area contributed by atoms with Gasteiger partial charge in [-0.25, -0.2) is 9.97 Å². The summed E-state index contributed by atoms with van der Waals surface area (Å²) in [7, 11) is 0. The number of rotatable bonds is 4. The molecule has 2 heterocycles. The summed E-state index contributed by atoms with van der Waals surface area (Å²) in [5.41, 5.74) is 2.44. The SMILES string of the molecule is Cc1cccc(Oc2cc(N3CCN(c4ccccc4)CC3)ncn2)c1. The fourth-order valence-electron chi connectivity index (χ4n) is 3.19. The Morgan fingerprint density at radius 1 is 0.808 bits per heavy atom. The molecule has 5 heteroatoms. The van der Waals surface area contributed by atoms with Gasteiger partial charge in [-0.3, -0.25) is 0 Å². The van der Waals surface area contributed by atoms with Crippen LogP contribution in [0.3, 0.4) is 0 Å². The normalized spacial score (nSPS) is 14.3. The largest absolute Gasteiger partial charge is 0.439 e. The molecule has 1 saturated heterocycles. The molecule has 26 heavy (non-hydrogen) atoms. The third kappa shape index (κ3) is 3.77. The van der Waals surface area contributed by atoms with Gasteiger partial charge in [-0.1, -0.05) is 30.3 Å². The number of aromatic nitrogens is 2. The van der Waals surface area contributed by atoms with Crippen molar-refractivity contribution >= 4 is 11.5 Å². The van der Waals surface area contributed by atoms with Gasteiger partial charge in [0.1, 0.15) is 17.9 Å². The molecule has 0 bridgehead atoms. The molecule has 1 aliphatic rings. The molecule has 0 radical (unpaired) electrons. The molecule has 4 rings (SSSR count). The highest BCUT2D eigenvalue weighted by atomic mass is 16.5. The number of piperazine rings is 1. The number of hydrogen-bond donors (Lipinski definition) is 0. The van der Waals surface area contributed by atoms with E-state index in [1.807, 2.05) is 37.3 Å². The predicted octanol–water partition coefficient (Wildman–Crippen LogP) is 3.90. The Balaban J connectivity index is 1.43. The maximum atomic E-state index is 5.89. The molecule has 1 aromatic heterocycles. The van der Waals surface area contributed by atoms with Crippen LogP contribution < -0.4 is 14.5 Å². The molecule has 0 spiro atoms. The number of benzene rings is 2. The second-order valence-electron chi connectivity index (χ2n) is 6.44. The van der Waals surface area contributed by atoms with E-state index >= 15 is 0 Å². The van der Waals surface area contributed by atoms with Gasteiger partial charge in [0.2, 0.25) is 5.88 Å². The number of hydrogen-bond acceptors (Lipinski definition) is 5. The van der Waals surface area contributed by atoms with Crippen LogP contribution in [0.4, 0.5) is 11.5 Å². The molecule has 0 saturated carbocycles. The van der Waals surface area contributed by atoms with E-state index in [4.69, 9.17) is 4.74 Å². The standard InChI is InChI=1S/C21H22N4O/c1-17-6-5-9-19(14-17)26-21-15-20(22-16-23-21)25-12-10-24(11-13-25)18-7-3-2-4-8-18/h2-9,14-16H,10-13H2,1H3. The topological polar surface area (TPSA) is 41.5 Å². The summed E-state index contributed by atoms with van der Waals surface area (Å²) in [4.78, 5) is 13.4. The molecule has 1 aliphatic heterocycles. The highest BCUT2D eigenvalue weighted by Crippen LogP contribution is 2.24. The molecule has 2 aromatic carbocycles. The van der Waals surface area contributed by atoms with Crippen LogP contribution in [0.5, 0.6) is 11.6 Å². The average molecular weight is 346 g/mol. The Morgan fingerprint density at radius 2 is 1.58 bits per heavy atom. The number of anilines is 2. The van der Waals surface area contributed by atoms with Crippen LogP contribution in [0.2, 0.25) is 0 Å². The molecule has 0 amide bonds. The van der Waals surface area contributed by atoms with Crippen LogP contribution in [-0.2, 0) is 0 Å². The first-order valence-corrected chi connectivity index (χ1v) is 8.89. The van der Waals surface area contributed by atoms with Crippen molar-refractivity contribution in [3.8, 4) is 11.6 Å². The Hall–Kier alpha value is -3.08. The van der Waals surface area contributed by atoms with Crippen molar-refractivity contribution in [1.82, 2.24) is 9.97 Å². The zero-order chi connectivity index (χ0) is 17.8. The van der Waals surface area contributed by atoms with Gasteiger partial charge in [0.15, 0.2) is 0 Å². The van der Waals surface area contributed by atoms with Crippen LogP contribution >= 0.6 is 0 Å². The quantitative estimate of drug-likeness (QED) is 0.716. The van der Waals surface area contributed by atoms with Gasteiger partial charge in [0, 0.05) is 37.9 Å². The lowest BCUT2D eigenvalue weighted by molar-refractivity contribution is 0.460. The van der Waals surface area contributed by atoms with Gasteiger partial charge in [-0.2, -0.15) is 0 Å². The third-order valence-corrected chi connectivity index (χ3v) is 4.56. The highest BCUT2D eigenvalue weighted by molar-refractivity contribution is 5.49. The van der Waals surface area contributed by atoms with Crippen molar-refractivity contribution in [1.29, 1.82) is 0 Å². The highest BCUT2D eigenvalue weighted by Gasteiger charge is 2.18. The summed E-state index contributed by atoms with van der Waals surface area (Å²) in [5.74, 6) is 2.28. The second kappa shape index (κ2) is 7.44. The number of ether oxygens (including phenoxy) is 1. The van der Waals surface area contributed by atoms with Crippen LogP contribution in [0.1, 0.15) is 5.56 Å². The van der Waals surface area contributed by atoms with E-state index in [1.54, 1.807) is 6.33 Å². The van der Waals surface area contributed by atoms with Crippen LogP contribution in [0.15, 0.2) is 67.0 Å². The van der Waals surface area contributed by atoms with E-state index in [2.05, 4.69) is 50.1 Å². The summed E-state index contributed by atoms with van der Waals surface area (Å²) in [6.45, 7) is 5.85. The lowest BCUT2D eigenvalue weighted by Crippen LogP contribution is -2.46. The lowest BCUT2D eigenvalue weighted by Gasteiger charge is -2.36. The third-order valence-electron chi connectivity index (χ3n) is 4.56. The minimum atomic E-state index is 0.575. The van der Waals surface area contributed by atoms with Gasteiger partial charge in [-0.15, -0.1) is 0 Å². The Bertz CT molecular complexity index is 861. The van der Waals surface area contributed by atoms with E-state index in [0.717, 1.165) is 43.3 Å². The van der Waals surface area contributed by atoms with Crippen molar-refractivity contribution in [2.75, 3.05) is 36.0 Å². The van der Waals surface area contributed by atoms with Crippen molar-refractivity contribution in [3.05, 3.63) is 72.6 Å². The van der Waals surface area contributed by atoms with E-state index in [0.29, 0.717) is 5.88 Å². The van der Waals surface area contributed by atoms with E-state index in [1.165, 1.54) is 5.69 Å². The smallest absolute Gasteiger partial charge is 0.224 e. The van der Waals surface area contributed by atoms with Crippen molar-refractivity contribution < 1.29 is 4.74 Å². The van der Waals surface area contributed by atoms with Crippen molar-refractivity contribution in [3.63, 3.8) is 0 Å². The van der Waals surface area contributed by atoms with Crippen LogP contribution in [0, 0.1) is 6.92 Å². The molecule has 1 fully saturated rings. The molecule has 132 valence electrons. The molecule has 5 nitrogen and oxygen atoms in total. The monoisotopic (exact) mass is 346 g/mol. The Morgan fingerprint density at radius 3 is 2.35 bits per heavy atom. The number of aryl methyl sites for hydroxylation is 1. The molecule has 3 aromatic rings. The van der Waals surface area contributed by atoms with E-state index < -0.39 is 0 Å². The molecule has 0 unspecified atom stereocenters. The summed E-state index contributed by atoms with van der Waals surface area (Å²) >= 11 is 0. The van der Waals surface area contributed by atoms with Crippen LogP contribution in [0.25, 0.3) is 0 Å². The van der Waals surface area contributed by atoms with Gasteiger partial charge in [0.05, 0.1) is 0 Å². The first-order chi connectivity index (χ1) is 12.8. The lowest BCUT2D eigenvalue weighted by atomic mass is 10.2. The summed E-state index contributed by atoms with van der Waals surface area (Å²) in [5, 5.41) is 0. The Labute approximate surface area is 153 Å². The minimum Gasteiger partial charge on any atom is -0.439 e. The van der Waals surface area contributed by atoms with Gasteiger partial charge in [0.25, 0.3) is 0 Å². The summed E-state index contributed by atoms with van der Waals surface area (Å²) in [6, 6.07) is 20.4. The van der Waals surface area contributed by atoms with Crippen molar-refractivity contribution in [2.24, 2.45) is 0 Å². The maximum absolute atomic E-state index is 5.89. The van der Waals surface area contributed by atoms with E-state index in [9.17, 15) is 0 Å². The van der Waals surface area contributed by atoms with E-state index in [-0.39, 0.29) is 0 Å². The molecule has 0 atom stereocenters. The molecule has 0 N–H and O–H groups in total. The molecule has 0 aliphatic carbocycles. The van der Waals surface area contributed by atoms with Crippen molar-refractivity contribution in [2.45, 2.75) is 6.92 Å². The zero-order valence-electron chi connectivity index (χ0n) is 14.9. The first kappa shape index (κ1) is 16.4. The summed E-state index contributed by atoms with van der Waals surface area (Å²) in [6.07, 6.45) is 1.57. The van der Waals surface area contributed by atoms with Crippen LogP contribution in [-0.4, -0.2) is 36.1 Å². The maximum Gasteiger partial charge on any atom is 0.224 e. The summed E-state index contributed by atoms with van der Waals surface area (Å²) < 4.78 is 5.89. The zero-order valence-corrected chi connectivity index (χ0v) is 14.9. The molecular formula is C21H22N4O. The first-order valence-electron chi connectivity index (χ1n) is 8.89. The fraction of sp³-hybridized carbons (Fsp3) is 0.238. The Kier molecular flexibility index (Phi) is 4.69. The number of nitrogens with zero attached hydrogens (tertiary/aromatic N) is 4. The minimum absolute atomic E-state index is 0.575.